The van der Waals surface area contributed by atoms with E-state index in [4.69, 9.17) is 0 Å². The Hall–Kier alpha value is -2.04. The number of nitrogens with zero attached hydrogens (tertiary/aromatic N) is 2. The molecule has 1 N–H and O–H groups in total. The zero-order chi connectivity index (χ0) is 15.1. The summed E-state index contributed by atoms with van der Waals surface area (Å²) in [6.07, 6.45) is 1.91. The van der Waals surface area contributed by atoms with E-state index in [0.717, 1.165) is 31.6 Å². The summed E-state index contributed by atoms with van der Waals surface area (Å²) in [5.41, 5.74) is 1.16. The summed E-state index contributed by atoms with van der Waals surface area (Å²) >= 11 is 0. The maximum absolute atomic E-state index is 12.0. The first-order valence-corrected chi connectivity index (χ1v) is 7.59. The number of piperazine rings is 1. The van der Waals surface area contributed by atoms with E-state index < -0.39 is 11.8 Å². The maximum atomic E-state index is 12.0. The highest BCUT2D eigenvalue weighted by molar-refractivity contribution is 6.35. The van der Waals surface area contributed by atoms with E-state index in [1.807, 2.05) is 18.2 Å². The third-order valence-corrected chi connectivity index (χ3v) is 3.70. The molecule has 0 aliphatic carbocycles. The van der Waals surface area contributed by atoms with Crippen molar-refractivity contribution in [3.63, 3.8) is 0 Å². The first kappa shape index (κ1) is 15.4. The number of nitrogens with one attached hydrogen (secondary N) is 1. The number of anilines is 1. The van der Waals surface area contributed by atoms with Crippen LogP contribution in [-0.4, -0.2) is 49.4 Å². The average molecular weight is 289 g/mol. The number of amides is 2. The van der Waals surface area contributed by atoms with Crippen LogP contribution >= 0.6 is 0 Å². The predicted octanol–water partition coefficient (Wildman–Crippen LogP) is 1.25. The van der Waals surface area contributed by atoms with Crippen molar-refractivity contribution in [3.05, 3.63) is 30.3 Å². The van der Waals surface area contributed by atoms with Gasteiger partial charge in [-0.2, -0.15) is 0 Å². The lowest BCUT2D eigenvalue weighted by atomic mass is 10.2. The minimum absolute atomic E-state index is 0.404. The Labute approximate surface area is 125 Å². The molecule has 1 aliphatic rings. The number of unbranched alkanes of at least 4 members (excludes halogenated alkanes) is 1. The van der Waals surface area contributed by atoms with Crippen LogP contribution in [0.3, 0.4) is 0 Å². The number of carbonyl (C=O) groups excluding carboxylic acids is 2. The Kier molecular flexibility index (Phi) is 5.60. The van der Waals surface area contributed by atoms with Gasteiger partial charge in [-0.15, -0.1) is 0 Å². The molecule has 2 amide bonds. The Bertz CT molecular complexity index is 468. The molecule has 1 saturated heterocycles. The highest BCUT2D eigenvalue weighted by atomic mass is 16.2. The second kappa shape index (κ2) is 7.67. The van der Waals surface area contributed by atoms with E-state index in [1.54, 1.807) is 4.90 Å². The molecule has 5 heteroatoms. The van der Waals surface area contributed by atoms with Crippen LogP contribution in [0.2, 0.25) is 0 Å². The molecular formula is C16H23N3O2. The highest BCUT2D eigenvalue weighted by Gasteiger charge is 2.25. The second-order valence-electron chi connectivity index (χ2n) is 5.22. The minimum atomic E-state index is -0.475. The summed E-state index contributed by atoms with van der Waals surface area (Å²) in [7, 11) is 0. The summed E-state index contributed by atoms with van der Waals surface area (Å²) in [5, 5.41) is 2.68. The fourth-order valence-corrected chi connectivity index (χ4v) is 2.40. The van der Waals surface area contributed by atoms with Crippen molar-refractivity contribution in [3.8, 4) is 0 Å². The standard InChI is InChI=1S/C16H23N3O2/c1-2-3-9-17-15(20)16(21)19-12-10-18(11-13-19)14-7-5-4-6-8-14/h4-8H,2-3,9-13H2,1H3,(H,17,20). The Morgan fingerprint density at radius 3 is 2.38 bits per heavy atom. The van der Waals surface area contributed by atoms with E-state index in [2.05, 4.69) is 29.3 Å². The van der Waals surface area contributed by atoms with Crippen LogP contribution in [0.1, 0.15) is 19.8 Å². The molecule has 1 aromatic rings. The fourth-order valence-electron chi connectivity index (χ4n) is 2.40. The van der Waals surface area contributed by atoms with Gasteiger partial charge < -0.3 is 15.1 Å². The van der Waals surface area contributed by atoms with Crippen molar-refractivity contribution in [1.29, 1.82) is 0 Å². The van der Waals surface area contributed by atoms with Crippen LogP contribution in [0.15, 0.2) is 30.3 Å². The van der Waals surface area contributed by atoms with Gasteiger partial charge in [0, 0.05) is 38.4 Å². The van der Waals surface area contributed by atoms with Crippen LogP contribution < -0.4 is 10.2 Å². The average Bonchev–Trinajstić information content (AvgIpc) is 2.55. The summed E-state index contributed by atoms with van der Waals surface area (Å²) in [6, 6.07) is 10.1. The number of para-hydroxylation sites is 1. The molecule has 0 radical (unpaired) electrons. The quantitative estimate of drug-likeness (QED) is 0.670. The van der Waals surface area contributed by atoms with Crippen molar-refractivity contribution in [2.24, 2.45) is 0 Å². The molecule has 1 heterocycles. The van der Waals surface area contributed by atoms with Crippen molar-refractivity contribution in [2.75, 3.05) is 37.6 Å². The first-order chi connectivity index (χ1) is 10.2. The Balaban J connectivity index is 1.80. The fraction of sp³-hybridized carbons (Fsp3) is 0.500. The monoisotopic (exact) mass is 289 g/mol. The Morgan fingerprint density at radius 2 is 1.76 bits per heavy atom. The summed E-state index contributed by atoms with van der Waals surface area (Å²) in [6.45, 7) is 5.33. The van der Waals surface area contributed by atoms with Crippen LogP contribution in [0.5, 0.6) is 0 Å². The van der Waals surface area contributed by atoms with Gasteiger partial charge in [0.1, 0.15) is 0 Å². The summed E-state index contributed by atoms with van der Waals surface area (Å²) < 4.78 is 0. The molecular weight excluding hydrogens is 266 g/mol. The molecule has 114 valence electrons. The van der Waals surface area contributed by atoms with E-state index >= 15 is 0 Å². The molecule has 1 fully saturated rings. The lowest BCUT2D eigenvalue weighted by molar-refractivity contribution is -0.146. The van der Waals surface area contributed by atoms with Gasteiger partial charge in [0.05, 0.1) is 0 Å². The predicted molar refractivity (Wildman–Crippen MR) is 83.2 cm³/mol. The zero-order valence-corrected chi connectivity index (χ0v) is 12.5. The van der Waals surface area contributed by atoms with Crippen molar-refractivity contribution in [1.82, 2.24) is 10.2 Å². The lowest BCUT2D eigenvalue weighted by Gasteiger charge is -2.35. The summed E-state index contributed by atoms with van der Waals surface area (Å²) in [4.78, 5) is 27.7. The van der Waals surface area contributed by atoms with Crippen LogP contribution in [-0.2, 0) is 9.59 Å². The molecule has 0 unspecified atom stereocenters. The number of hydrogen-bond donors (Lipinski definition) is 1. The zero-order valence-electron chi connectivity index (χ0n) is 12.5. The lowest BCUT2D eigenvalue weighted by Crippen LogP contribution is -2.52. The molecule has 1 aliphatic heterocycles. The minimum Gasteiger partial charge on any atom is -0.368 e. The topological polar surface area (TPSA) is 52.7 Å². The Morgan fingerprint density at radius 1 is 1.10 bits per heavy atom. The molecule has 2 rings (SSSR count). The molecule has 0 atom stereocenters. The van der Waals surface area contributed by atoms with Crippen LogP contribution in [0, 0.1) is 0 Å². The molecule has 0 aromatic heterocycles. The van der Waals surface area contributed by atoms with Gasteiger partial charge in [-0.05, 0) is 18.6 Å². The molecule has 0 saturated carbocycles. The van der Waals surface area contributed by atoms with E-state index in [9.17, 15) is 9.59 Å². The van der Waals surface area contributed by atoms with E-state index in [1.165, 1.54) is 0 Å². The molecule has 21 heavy (non-hydrogen) atoms. The SMILES string of the molecule is CCCCNC(=O)C(=O)N1CCN(c2ccccc2)CC1. The van der Waals surface area contributed by atoms with Crippen molar-refractivity contribution >= 4 is 17.5 Å². The van der Waals surface area contributed by atoms with Crippen LogP contribution in [0.4, 0.5) is 5.69 Å². The van der Waals surface area contributed by atoms with Gasteiger partial charge in [0.2, 0.25) is 0 Å². The third kappa shape index (κ3) is 4.21. The van der Waals surface area contributed by atoms with Crippen molar-refractivity contribution < 1.29 is 9.59 Å². The van der Waals surface area contributed by atoms with Gasteiger partial charge >= 0.3 is 11.8 Å². The molecule has 0 spiro atoms. The normalized spacial score (nSPS) is 14.9. The van der Waals surface area contributed by atoms with Crippen molar-refractivity contribution in [2.45, 2.75) is 19.8 Å². The summed E-state index contributed by atoms with van der Waals surface area (Å²) in [5.74, 6) is -0.879. The maximum Gasteiger partial charge on any atom is 0.312 e. The number of benzene rings is 1. The van der Waals surface area contributed by atoms with Gasteiger partial charge in [-0.25, -0.2) is 0 Å². The van der Waals surface area contributed by atoms with Gasteiger partial charge in [0.15, 0.2) is 0 Å². The third-order valence-electron chi connectivity index (χ3n) is 3.70. The van der Waals surface area contributed by atoms with Gasteiger partial charge in [-0.1, -0.05) is 31.5 Å². The smallest absolute Gasteiger partial charge is 0.312 e. The number of carbonyl (C=O) groups is 2. The van der Waals surface area contributed by atoms with Gasteiger partial charge in [0.25, 0.3) is 0 Å². The number of rotatable bonds is 4. The molecule has 0 bridgehead atoms. The molecule has 1 aromatic carbocycles. The highest BCUT2D eigenvalue weighted by Crippen LogP contribution is 2.15. The first-order valence-electron chi connectivity index (χ1n) is 7.59. The van der Waals surface area contributed by atoms with E-state index in [-0.39, 0.29) is 0 Å². The van der Waals surface area contributed by atoms with Gasteiger partial charge in [-0.3, -0.25) is 9.59 Å². The number of hydrogen-bond acceptors (Lipinski definition) is 3. The van der Waals surface area contributed by atoms with E-state index in [0.29, 0.717) is 19.6 Å². The largest absolute Gasteiger partial charge is 0.368 e. The molecule has 5 nitrogen and oxygen atoms in total. The second-order valence-corrected chi connectivity index (χ2v) is 5.22. The van der Waals surface area contributed by atoms with Crippen LogP contribution in [0.25, 0.3) is 0 Å².